The van der Waals surface area contributed by atoms with E-state index in [-0.39, 0.29) is 17.0 Å². The fraction of sp³-hybridized carbons (Fsp3) is 0.208. The maximum absolute atomic E-state index is 13.0. The average Bonchev–Trinajstić information content (AvgIpc) is 3.32. The number of rotatable bonds is 6. The Morgan fingerprint density at radius 1 is 1.17 bits per heavy atom. The zero-order chi connectivity index (χ0) is 24.5. The lowest BCUT2D eigenvalue weighted by Crippen LogP contribution is -2.34. The number of hydrogen-bond acceptors (Lipinski definition) is 7. The molecule has 0 bridgehead atoms. The Morgan fingerprint density at radius 3 is 2.77 bits per heavy atom. The van der Waals surface area contributed by atoms with Gasteiger partial charge in [0.2, 0.25) is 11.3 Å². The van der Waals surface area contributed by atoms with Gasteiger partial charge in [-0.1, -0.05) is 23.2 Å². The molecular formula is C24H19Cl2N5O4. The first-order valence-electron chi connectivity index (χ1n) is 10.8. The van der Waals surface area contributed by atoms with Crippen LogP contribution in [0.25, 0.3) is 16.7 Å². The summed E-state index contributed by atoms with van der Waals surface area (Å²) in [5, 5.41) is 10.5. The standard InChI is InChI=1S/C24H19Cl2N5O4/c25-17-4-1-5-29-23(17)35-13-14-3-2-8-30(14)20-10-19-15(9-18(20)26)22(32)16(24(33)34)12-31(19)21-11-27-6-7-28-21/h1,4-7,9-12,14H,2-3,8,13H2,(H,33,34)/t14-/m1/s1. The number of aromatic nitrogens is 4. The van der Waals surface area contributed by atoms with Crippen molar-refractivity contribution in [2.75, 3.05) is 18.1 Å². The van der Waals surface area contributed by atoms with Gasteiger partial charge in [-0.05, 0) is 37.1 Å². The van der Waals surface area contributed by atoms with Crippen LogP contribution in [0.5, 0.6) is 5.88 Å². The van der Waals surface area contributed by atoms with Gasteiger partial charge in [0, 0.05) is 36.7 Å². The second-order valence-corrected chi connectivity index (χ2v) is 8.84. The molecule has 1 aromatic carbocycles. The van der Waals surface area contributed by atoms with Gasteiger partial charge in [-0.3, -0.25) is 14.3 Å². The molecule has 0 aliphatic carbocycles. The molecule has 4 aromatic rings. The fourth-order valence-corrected chi connectivity index (χ4v) is 4.74. The SMILES string of the molecule is O=C(O)c1cn(-c2cnccn2)c2cc(N3CCC[C@@H]3COc3ncccc3Cl)c(Cl)cc2c1=O. The van der Waals surface area contributed by atoms with Gasteiger partial charge in [-0.25, -0.2) is 14.8 Å². The number of fused-ring (bicyclic) bond motifs is 1. The van der Waals surface area contributed by atoms with Crippen LogP contribution in [0.2, 0.25) is 10.0 Å². The van der Waals surface area contributed by atoms with Crippen LogP contribution in [0.3, 0.4) is 0 Å². The van der Waals surface area contributed by atoms with Gasteiger partial charge in [-0.15, -0.1) is 0 Å². The van der Waals surface area contributed by atoms with E-state index in [1.54, 1.807) is 29.0 Å². The van der Waals surface area contributed by atoms with Crippen LogP contribution in [-0.4, -0.2) is 49.8 Å². The van der Waals surface area contributed by atoms with Crippen molar-refractivity contribution in [1.29, 1.82) is 0 Å². The highest BCUT2D eigenvalue weighted by Gasteiger charge is 2.28. The van der Waals surface area contributed by atoms with Gasteiger partial charge in [0.25, 0.3) is 0 Å². The van der Waals surface area contributed by atoms with Crippen LogP contribution in [0.1, 0.15) is 23.2 Å². The van der Waals surface area contributed by atoms with E-state index < -0.39 is 11.4 Å². The minimum atomic E-state index is -1.33. The largest absolute Gasteiger partial charge is 0.477 e. The molecule has 11 heteroatoms. The molecule has 0 saturated carbocycles. The van der Waals surface area contributed by atoms with Crippen LogP contribution in [-0.2, 0) is 0 Å². The number of pyridine rings is 2. The van der Waals surface area contributed by atoms with E-state index in [4.69, 9.17) is 27.9 Å². The number of anilines is 1. The van der Waals surface area contributed by atoms with Gasteiger partial charge in [0.15, 0.2) is 5.82 Å². The Bertz CT molecular complexity index is 1480. The number of aromatic carboxylic acids is 1. The summed E-state index contributed by atoms with van der Waals surface area (Å²) in [5.41, 5.74) is 0.176. The smallest absolute Gasteiger partial charge is 0.341 e. The van der Waals surface area contributed by atoms with E-state index in [0.717, 1.165) is 19.4 Å². The third kappa shape index (κ3) is 4.40. The lowest BCUT2D eigenvalue weighted by molar-refractivity contribution is 0.0695. The molecule has 1 saturated heterocycles. The van der Waals surface area contributed by atoms with Gasteiger partial charge >= 0.3 is 5.97 Å². The van der Waals surface area contributed by atoms with Gasteiger partial charge in [0.1, 0.15) is 17.2 Å². The molecular weight excluding hydrogens is 493 g/mol. The van der Waals surface area contributed by atoms with E-state index in [1.807, 2.05) is 0 Å². The maximum atomic E-state index is 13.0. The molecule has 1 fully saturated rings. The van der Waals surface area contributed by atoms with Crippen molar-refractivity contribution in [2.45, 2.75) is 18.9 Å². The first-order chi connectivity index (χ1) is 16.9. The van der Waals surface area contributed by atoms with Crippen molar-refractivity contribution in [3.05, 3.63) is 81.1 Å². The van der Waals surface area contributed by atoms with Crippen molar-refractivity contribution in [1.82, 2.24) is 19.5 Å². The second-order valence-electron chi connectivity index (χ2n) is 8.02. The molecule has 4 heterocycles. The van der Waals surface area contributed by atoms with E-state index in [2.05, 4.69) is 19.9 Å². The lowest BCUT2D eigenvalue weighted by Gasteiger charge is -2.28. The summed E-state index contributed by atoms with van der Waals surface area (Å²) in [5.74, 6) is -0.595. The molecule has 1 N–H and O–H groups in total. The van der Waals surface area contributed by atoms with Crippen LogP contribution in [0, 0.1) is 0 Å². The number of carbonyl (C=O) groups is 1. The van der Waals surface area contributed by atoms with E-state index in [9.17, 15) is 14.7 Å². The third-order valence-corrected chi connectivity index (χ3v) is 6.51. The minimum absolute atomic E-state index is 0.00185. The zero-order valence-corrected chi connectivity index (χ0v) is 19.8. The second kappa shape index (κ2) is 9.52. The summed E-state index contributed by atoms with van der Waals surface area (Å²) in [7, 11) is 0. The Morgan fingerprint density at radius 2 is 2.03 bits per heavy atom. The maximum Gasteiger partial charge on any atom is 0.341 e. The number of ether oxygens (including phenoxy) is 1. The van der Waals surface area contributed by atoms with Gasteiger partial charge in [0.05, 0.1) is 28.5 Å². The van der Waals surface area contributed by atoms with Crippen molar-refractivity contribution < 1.29 is 14.6 Å². The van der Waals surface area contributed by atoms with E-state index in [0.29, 0.717) is 39.6 Å². The average molecular weight is 512 g/mol. The molecule has 1 atom stereocenters. The summed E-state index contributed by atoms with van der Waals surface area (Å²) in [6, 6.07) is 6.75. The fourth-order valence-electron chi connectivity index (χ4n) is 4.29. The highest BCUT2D eigenvalue weighted by atomic mass is 35.5. The van der Waals surface area contributed by atoms with Crippen LogP contribution < -0.4 is 15.1 Å². The van der Waals surface area contributed by atoms with E-state index in [1.165, 1.54) is 30.9 Å². The lowest BCUT2D eigenvalue weighted by atomic mass is 10.1. The van der Waals surface area contributed by atoms with Crippen molar-refractivity contribution >= 4 is 45.8 Å². The summed E-state index contributed by atoms with van der Waals surface area (Å²) in [6.07, 6.45) is 9.17. The number of carboxylic acid groups (broad SMARTS) is 1. The quantitative estimate of drug-likeness (QED) is 0.409. The summed E-state index contributed by atoms with van der Waals surface area (Å²) in [6.45, 7) is 1.08. The Kier molecular flexibility index (Phi) is 6.27. The molecule has 3 aromatic heterocycles. The number of hydrogen-bond donors (Lipinski definition) is 1. The van der Waals surface area contributed by atoms with Crippen molar-refractivity contribution in [2.24, 2.45) is 0 Å². The Balaban J connectivity index is 1.58. The number of nitrogens with zero attached hydrogens (tertiary/aromatic N) is 5. The normalized spacial score (nSPS) is 15.5. The number of carboxylic acids is 1. The first-order valence-corrected chi connectivity index (χ1v) is 11.6. The number of halogens is 2. The molecule has 1 aliphatic rings. The molecule has 9 nitrogen and oxygen atoms in total. The van der Waals surface area contributed by atoms with Crippen LogP contribution in [0.4, 0.5) is 5.69 Å². The zero-order valence-electron chi connectivity index (χ0n) is 18.3. The topological polar surface area (TPSA) is 110 Å². The van der Waals surface area contributed by atoms with E-state index >= 15 is 0 Å². The Labute approximate surface area is 209 Å². The molecule has 1 aliphatic heterocycles. The van der Waals surface area contributed by atoms with Crippen molar-refractivity contribution in [3.8, 4) is 11.7 Å². The highest BCUT2D eigenvalue weighted by molar-refractivity contribution is 6.34. The minimum Gasteiger partial charge on any atom is -0.477 e. The van der Waals surface area contributed by atoms with Gasteiger partial charge < -0.3 is 14.7 Å². The summed E-state index contributed by atoms with van der Waals surface area (Å²) in [4.78, 5) is 39.4. The molecule has 35 heavy (non-hydrogen) atoms. The van der Waals surface area contributed by atoms with Crippen molar-refractivity contribution in [3.63, 3.8) is 0 Å². The molecule has 5 rings (SSSR count). The molecule has 0 spiro atoms. The molecule has 178 valence electrons. The predicted octanol–water partition coefficient (Wildman–Crippen LogP) is 4.23. The number of benzene rings is 1. The highest BCUT2D eigenvalue weighted by Crippen LogP contribution is 2.35. The summed E-state index contributed by atoms with van der Waals surface area (Å²) >= 11 is 12.8. The van der Waals surface area contributed by atoms with Gasteiger partial charge in [-0.2, -0.15) is 0 Å². The monoisotopic (exact) mass is 511 g/mol. The predicted molar refractivity (Wildman–Crippen MR) is 132 cm³/mol. The molecule has 0 amide bonds. The third-order valence-electron chi connectivity index (χ3n) is 5.92. The van der Waals surface area contributed by atoms with Crippen LogP contribution >= 0.6 is 23.2 Å². The van der Waals surface area contributed by atoms with Crippen LogP contribution in [0.15, 0.2) is 60.0 Å². The Hall–Kier alpha value is -3.69. The summed E-state index contributed by atoms with van der Waals surface area (Å²) < 4.78 is 7.43. The first kappa shape index (κ1) is 23.1. The molecule has 0 unspecified atom stereocenters. The molecule has 0 radical (unpaired) electrons.